The van der Waals surface area contributed by atoms with E-state index in [9.17, 15) is 23.9 Å². The number of hydrogen-bond acceptors (Lipinski definition) is 4. The van der Waals surface area contributed by atoms with E-state index >= 15 is 0 Å². The van der Waals surface area contributed by atoms with Crippen molar-refractivity contribution in [3.8, 4) is 11.4 Å². The van der Waals surface area contributed by atoms with Gasteiger partial charge in [0.1, 0.15) is 23.8 Å². The molecular weight excluding hydrogens is 403 g/mol. The molecule has 9 heteroatoms. The van der Waals surface area contributed by atoms with E-state index in [1.807, 2.05) is 0 Å². The Kier molecular flexibility index (Phi) is 5.23. The van der Waals surface area contributed by atoms with Gasteiger partial charge < -0.3 is 20.3 Å². The number of carbonyl (C=O) groups excluding carboxylic acids is 3. The van der Waals surface area contributed by atoms with Crippen LogP contribution >= 0.6 is 0 Å². The molecule has 0 saturated carbocycles. The summed E-state index contributed by atoms with van der Waals surface area (Å²) in [6.45, 7) is -0.560. The molecule has 0 unspecified atom stereocenters. The number of rotatable bonds is 5. The van der Waals surface area contributed by atoms with Crippen LogP contribution in [0.3, 0.4) is 0 Å². The molecule has 8 nitrogen and oxygen atoms in total. The number of imide groups is 1. The fraction of sp³-hybridized carbons (Fsp3) is 0.0455. The highest BCUT2D eigenvalue weighted by atomic mass is 19.1. The second-order valence-corrected chi connectivity index (χ2v) is 6.73. The van der Waals surface area contributed by atoms with Gasteiger partial charge in [0.25, 0.3) is 5.91 Å². The van der Waals surface area contributed by atoms with Gasteiger partial charge in [0.15, 0.2) is 0 Å². The van der Waals surface area contributed by atoms with E-state index in [1.54, 1.807) is 41.1 Å². The molecule has 156 valence electrons. The van der Waals surface area contributed by atoms with Gasteiger partial charge in [-0.25, -0.2) is 14.1 Å². The normalized spacial score (nSPS) is 14.7. The number of nitrogens with one attached hydrogen (secondary N) is 2. The number of phenolic OH excluding ortho intramolecular Hbond substituents is 1. The molecule has 3 aromatic rings. The quantitative estimate of drug-likeness (QED) is 0.436. The Labute approximate surface area is 176 Å². The van der Waals surface area contributed by atoms with E-state index in [0.717, 1.165) is 10.6 Å². The predicted molar refractivity (Wildman–Crippen MR) is 111 cm³/mol. The second kappa shape index (κ2) is 8.15. The number of aromatic nitrogens is 1. The molecule has 3 N–H and O–H groups in total. The van der Waals surface area contributed by atoms with E-state index in [1.165, 1.54) is 36.4 Å². The van der Waals surface area contributed by atoms with Crippen molar-refractivity contribution >= 4 is 29.6 Å². The van der Waals surface area contributed by atoms with Gasteiger partial charge in [-0.15, -0.1) is 0 Å². The highest BCUT2D eigenvalue weighted by molar-refractivity contribution is 6.15. The number of hydrogen-bond donors (Lipinski definition) is 3. The Hall–Kier alpha value is -4.40. The van der Waals surface area contributed by atoms with E-state index in [0.29, 0.717) is 5.69 Å². The number of anilines is 1. The first kappa shape index (κ1) is 19.9. The smallest absolute Gasteiger partial charge is 0.329 e. The van der Waals surface area contributed by atoms with Crippen molar-refractivity contribution < 1.29 is 23.9 Å². The lowest BCUT2D eigenvalue weighted by molar-refractivity contribution is -0.127. The lowest BCUT2D eigenvalue weighted by Crippen LogP contribution is -2.38. The fourth-order valence-electron chi connectivity index (χ4n) is 3.12. The Morgan fingerprint density at radius 1 is 1.06 bits per heavy atom. The number of phenols is 1. The Balaban J connectivity index is 1.51. The summed E-state index contributed by atoms with van der Waals surface area (Å²) >= 11 is 0. The third kappa shape index (κ3) is 4.15. The van der Waals surface area contributed by atoms with Crippen molar-refractivity contribution in [1.29, 1.82) is 0 Å². The summed E-state index contributed by atoms with van der Waals surface area (Å²) in [6, 6.07) is 14.8. The van der Waals surface area contributed by atoms with Crippen LogP contribution in [-0.2, 0) is 9.59 Å². The van der Waals surface area contributed by atoms with Crippen LogP contribution in [0, 0.1) is 5.82 Å². The van der Waals surface area contributed by atoms with Crippen LogP contribution in [0.5, 0.6) is 5.75 Å². The lowest BCUT2D eigenvalue weighted by Gasteiger charge is -2.12. The Morgan fingerprint density at radius 3 is 2.55 bits per heavy atom. The SMILES string of the molecule is O=C(CN1C(=O)N/C(=C\c2cccn2-c2ccc(O)cc2)C1=O)Nc1ccccc1F. The standard InChI is InChI=1S/C22H17FN4O4/c23-17-5-1-2-6-18(17)24-20(29)13-27-21(30)19(25-22(27)31)12-15-4-3-11-26(15)14-7-9-16(28)10-8-14/h1-12,28H,13H2,(H,24,29)(H,25,31)/b19-12-. The molecule has 1 fully saturated rings. The number of halogens is 1. The number of para-hydroxylation sites is 1. The van der Waals surface area contributed by atoms with Crippen molar-refractivity contribution in [3.63, 3.8) is 0 Å². The molecule has 4 rings (SSSR count). The highest BCUT2D eigenvalue weighted by Gasteiger charge is 2.35. The zero-order chi connectivity index (χ0) is 22.0. The van der Waals surface area contributed by atoms with Crippen molar-refractivity contribution in [2.75, 3.05) is 11.9 Å². The maximum absolute atomic E-state index is 13.7. The number of amides is 4. The molecule has 4 amide bonds. The predicted octanol–water partition coefficient (Wildman–Crippen LogP) is 2.85. The molecule has 1 saturated heterocycles. The molecule has 2 aromatic carbocycles. The third-order valence-corrected chi connectivity index (χ3v) is 4.61. The minimum absolute atomic E-state index is 0.00224. The maximum Gasteiger partial charge on any atom is 0.329 e. The second-order valence-electron chi connectivity index (χ2n) is 6.73. The van der Waals surface area contributed by atoms with Gasteiger partial charge in [-0.3, -0.25) is 9.59 Å². The highest BCUT2D eigenvalue weighted by Crippen LogP contribution is 2.20. The Bertz CT molecular complexity index is 1200. The van der Waals surface area contributed by atoms with Gasteiger partial charge in [-0.1, -0.05) is 12.1 Å². The first-order chi connectivity index (χ1) is 14.9. The van der Waals surface area contributed by atoms with Crippen LogP contribution in [0.15, 0.2) is 72.6 Å². The number of aromatic hydroxyl groups is 1. The van der Waals surface area contributed by atoms with E-state index in [-0.39, 0.29) is 17.1 Å². The molecule has 2 heterocycles. The molecule has 1 aliphatic rings. The minimum Gasteiger partial charge on any atom is -0.508 e. The summed E-state index contributed by atoms with van der Waals surface area (Å²) in [7, 11) is 0. The first-order valence-electron chi connectivity index (χ1n) is 9.28. The van der Waals surface area contributed by atoms with E-state index in [4.69, 9.17) is 0 Å². The molecule has 0 bridgehead atoms. The van der Waals surface area contributed by atoms with Gasteiger partial charge in [0.2, 0.25) is 5.91 Å². The summed E-state index contributed by atoms with van der Waals surface area (Å²) in [5.74, 6) is -1.88. The van der Waals surface area contributed by atoms with Gasteiger partial charge in [0.05, 0.1) is 5.69 Å². The van der Waals surface area contributed by atoms with Crippen LogP contribution in [-0.4, -0.2) is 39.0 Å². The topological polar surface area (TPSA) is 104 Å². The number of nitrogens with zero attached hydrogens (tertiary/aromatic N) is 2. The van der Waals surface area contributed by atoms with Gasteiger partial charge >= 0.3 is 6.03 Å². The summed E-state index contributed by atoms with van der Waals surface area (Å²) < 4.78 is 15.5. The summed E-state index contributed by atoms with van der Waals surface area (Å²) in [5, 5.41) is 14.2. The molecule has 1 aromatic heterocycles. The van der Waals surface area contributed by atoms with Crippen molar-refractivity contribution in [2.24, 2.45) is 0 Å². The molecule has 0 atom stereocenters. The maximum atomic E-state index is 13.7. The van der Waals surface area contributed by atoms with Crippen LogP contribution < -0.4 is 10.6 Å². The van der Waals surface area contributed by atoms with Gasteiger partial charge in [-0.2, -0.15) is 0 Å². The molecule has 0 spiro atoms. The molecule has 1 aliphatic heterocycles. The average molecular weight is 420 g/mol. The fourth-order valence-corrected chi connectivity index (χ4v) is 3.12. The number of benzene rings is 2. The molecular formula is C22H17FN4O4. The first-order valence-corrected chi connectivity index (χ1v) is 9.28. The van der Waals surface area contributed by atoms with Crippen LogP contribution in [0.4, 0.5) is 14.9 Å². The largest absolute Gasteiger partial charge is 0.508 e. The summed E-state index contributed by atoms with van der Waals surface area (Å²) in [5.41, 5.74) is 1.31. The zero-order valence-electron chi connectivity index (χ0n) is 16.1. The van der Waals surface area contributed by atoms with Crippen molar-refractivity contribution in [2.45, 2.75) is 0 Å². The average Bonchev–Trinajstić information content (AvgIpc) is 3.30. The minimum atomic E-state index is -0.748. The lowest BCUT2D eigenvalue weighted by atomic mass is 10.2. The summed E-state index contributed by atoms with van der Waals surface area (Å²) in [6.07, 6.45) is 3.25. The van der Waals surface area contributed by atoms with Gasteiger partial charge in [0, 0.05) is 17.6 Å². The van der Waals surface area contributed by atoms with Crippen LogP contribution in [0.25, 0.3) is 11.8 Å². The van der Waals surface area contributed by atoms with Crippen molar-refractivity contribution in [1.82, 2.24) is 14.8 Å². The van der Waals surface area contributed by atoms with Crippen LogP contribution in [0.1, 0.15) is 5.69 Å². The van der Waals surface area contributed by atoms with E-state index in [2.05, 4.69) is 10.6 Å². The Morgan fingerprint density at radius 2 is 1.81 bits per heavy atom. The van der Waals surface area contributed by atoms with Gasteiger partial charge in [-0.05, 0) is 54.6 Å². The van der Waals surface area contributed by atoms with E-state index < -0.39 is 30.2 Å². The zero-order valence-corrected chi connectivity index (χ0v) is 16.1. The number of carbonyl (C=O) groups is 3. The molecule has 0 aliphatic carbocycles. The molecule has 31 heavy (non-hydrogen) atoms. The molecule has 0 radical (unpaired) electrons. The monoisotopic (exact) mass is 420 g/mol. The number of urea groups is 1. The third-order valence-electron chi connectivity index (χ3n) is 4.61. The summed E-state index contributed by atoms with van der Waals surface area (Å²) in [4.78, 5) is 37.9. The van der Waals surface area contributed by atoms with Crippen LogP contribution in [0.2, 0.25) is 0 Å². The van der Waals surface area contributed by atoms with Crippen molar-refractivity contribution in [3.05, 3.63) is 84.1 Å².